The summed E-state index contributed by atoms with van der Waals surface area (Å²) in [6.45, 7) is 1.90. The highest BCUT2D eigenvalue weighted by Gasteiger charge is 2.08. The van der Waals surface area contributed by atoms with Gasteiger partial charge >= 0.3 is 0 Å². The van der Waals surface area contributed by atoms with Crippen LogP contribution in [0.1, 0.15) is 24.2 Å². The Hall–Kier alpha value is -2.12. The minimum atomic E-state index is -0.0896. The van der Waals surface area contributed by atoms with Crippen molar-refractivity contribution in [1.29, 1.82) is 5.26 Å². The molecule has 2 N–H and O–H groups in total. The Balaban J connectivity index is 2.51. The van der Waals surface area contributed by atoms with Crippen molar-refractivity contribution in [3.8, 4) is 11.8 Å². The van der Waals surface area contributed by atoms with Crippen LogP contribution in [-0.2, 0) is 0 Å². The van der Waals surface area contributed by atoms with E-state index in [0.717, 1.165) is 11.4 Å². The molecule has 80 valence electrons. The first-order chi connectivity index (χ1) is 7.72. The van der Waals surface area contributed by atoms with Gasteiger partial charge in [-0.3, -0.25) is 0 Å². The smallest absolute Gasteiger partial charge is 0.0994 e. The van der Waals surface area contributed by atoms with E-state index in [0.29, 0.717) is 5.56 Å². The molecule has 0 radical (unpaired) electrons. The molecule has 4 nitrogen and oxygen atoms in total. The van der Waals surface area contributed by atoms with E-state index < -0.39 is 0 Å². The molecule has 0 aliphatic carbocycles. The van der Waals surface area contributed by atoms with Crippen LogP contribution >= 0.6 is 0 Å². The van der Waals surface area contributed by atoms with Crippen LogP contribution in [0.5, 0.6) is 0 Å². The SMILES string of the molecule is C[C@H](N)c1cncn1-c1cccc(C#N)c1. The van der Waals surface area contributed by atoms with Crippen LogP contribution in [0.4, 0.5) is 0 Å². The normalized spacial score (nSPS) is 12.1. The van der Waals surface area contributed by atoms with E-state index in [1.54, 1.807) is 18.6 Å². The van der Waals surface area contributed by atoms with Crippen LogP contribution in [0, 0.1) is 11.3 Å². The Labute approximate surface area is 94.0 Å². The summed E-state index contributed by atoms with van der Waals surface area (Å²) < 4.78 is 1.89. The van der Waals surface area contributed by atoms with Crippen LogP contribution in [0.15, 0.2) is 36.8 Å². The summed E-state index contributed by atoms with van der Waals surface area (Å²) in [6.07, 6.45) is 3.44. The predicted octanol–water partition coefficient (Wildman–Crippen LogP) is 1.76. The fourth-order valence-electron chi connectivity index (χ4n) is 1.58. The molecule has 1 aromatic heterocycles. The van der Waals surface area contributed by atoms with E-state index in [-0.39, 0.29) is 6.04 Å². The largest absolute Gasteiger partial charge is 0.323 e. The molecular formula is C12H12N4. The second kappa shape index (κ2) is 4.17. The van der Waals surface area contributed by atoms with Crippen molar-refractivity contribution in [3.63, 3.8) is 0 Å². The van der Waals surface area contributed by atoms with Crippen molar-refractivity contribution < 1.29 is 0 Å². The number of nitrogens with two attached hydrogens (primary N) is 1. The van der Waals surface area contributed by atoms with Gasteiger partial charge in [0.15, 0.2) is 0 Å². The molecule has 2 aromatic rings. The van der Waals surface area contributed by atoms with Crippen LogP contribution in [-0.4, -0.2) is 9.55 Å². The Morgan fingerprint density at radius 2 is 2.31 bits per heavy atom. The van der Waals surface area contributed by atoms with Gasteiger partial charge in [0.05, 0.1) is 29.9 Å². The molecule has 0 unspecified atom stereocenters. The number of hydrogen-bond donors (Lipinski definition) is 1. The van der Waals surface area contributed by atoms with Crippen molar-refractivity contribution in [2.75, 3.05) is 0 Å². The summed E-state index contributed by atoms with van der Waals surface area (Å²) in [4.78, 5) is 4.08. The van der Waals surface area contributed by atoms with Crippen molar-refractivity contribution in [3.05, 3.63) is 48.0 Å². The maximum atomic E-state index is 8.84. The quantitative estimate of drug-likeness (QED) is 0.824. The third-order valence-electron chi connectivity index (χ3n) is 2.39. The van der Waals surface area contributed by atoms with Gasteiger partial charge in [-0.2, -0.15) is 5.26 Å². The molecule has 16 heavy (non-hydrogen) atoms. The van der Waals surface area contributed by atoms with E-state index in [1.165, 1.54) is 0 Å². The molecule has 0 fully saturated rings. The third-order valence-corrected chi connectivity index (χ3v) is 2.39. The molecular weight excluding hydrogens is 200 g/mol. The predicted molar refractivity (Wildman–Crippen MR) is 60.9 cm³/mol. The zero-order valence-corrected chi connectivity index (χ0v) is 8.96. The number of hydrogen-bond acceptors (Lipinski definition) is 3. The van der Waals surface area contributed by atoms with Gasteiger partial charge in [-0.1, -0.05) is 6.07 Å². The van der Waals surface area contributed by atoms with Crippen LogP contribution in [0.25, 0.3) is 5.69 Å². The minimum absolute atomic E-state index is 0.0896. The average molecular weight is 212 g/mol. The lowest BCUT2D eigenvalue weighted by Gasteiger charge is -2.10. The lowest BCUT2D eigenvalue weighted by molar-refractivity contribution is 0.752. The number of aromatic nitrogens is 2. The Bertz CT molecular complexity index is 534. The highest BCUT2D eigenvalue weighted by atomic mass is 15.1. The van der Waals surface area contributed by atoms with Gasteiger partial charge in [0.25, 0.3) is 0 Å². The summed E-state index contributed by atoms with van der Waals surface area (Å²) in [5.41, 5.74) is 8.30. The van der Waals surface area contributed by atoms with Crippen molar-refractivity contribution in [2.45, 2.75) is 13.0 Å². The first kappa shape index (κ1) is 10.4. The molecule has 0 spiro atoms. The third kappa shape index (κ3) is 1.81. The van der Waals surface area contributed by atoms with E-state index in [2.05, 4.69) is 11.1 Å². The summed E-state index contributed by atoms with van der Waals surface area (Å²) >= 11 is 0. The van der Waals surface area contributed by atoms with Gasteiger partial charge in [-0.15, -0.1) is 0 Å². The second-order valence-electron chi connectivity index (χ2n) is 3.64. The van der Waals surface area contributed by atoms with E-state index in [1.807, 2.05) is 29.7 Å². The fourth-order valence-corrected chi connectivity index (χ4v) is 1.58. The zero-order valence-electron chi connectivity index (χ0n) is 8.96. The Morgan fingerprint density at radius 3 is 3.00 bits per heavy atom. The highest BCUT2D eigenvalue weighted by molar-refractivity contribution is 5.42. The maximum Gasteiger partial charge on any atom is 0.0994 e. The molecule has 0 bridgehead atoms. The van der Waals surface area contributed by atoms with Gasteiger partial charge in [0.1, 0.15) is 0 Å². The molecule has 1 heterocycles. The summed E-state index contributed by atoms with van der Waals surface area (Å²) in [6, 6.07) is 9.38. The van der Waals surface area contributed by atoms with Gasteiger partial charge in [0, 0.05) is 11.7 Å². The lowest BCUT2D eigenvalue weighted by Crippen LogP contribution is -2.10. The van der Waals surface area contributed by atoms with Crippen molar-refractivity contribution in [1.82, 2.24) is 9.55 Å². The van der Waals surface area contributed by atoms with Gasteiger partial charge in [0.2, 0.25) is 0 Å². The summed E-state index contributed by atoms with van der Waals surface area (Å²) in [5.74, 6) is 0. The molecule has 1 atom stereocenters. The molecule has 0 aliphatic heterocycles. The Kier molecular flexibility index (Phi) is 2.71. The molecule has 0 aliphatic rings. The fraction of sp³-hybridized carbons (Fsp3) is 0.167. The minimum Gasteiger partial charge on any atom is -0.323 e. The van der Waals surface area contributed by atoms with Gasteiger partial charge in [-0.25, -0.2) is 4.98 Å². The van der Waals surface area contributed by atoms with E-state index in [9.17, 15) is 0 Å². The topological polar surface area (TPSA) is 67.6 Å². The number of nitrogens with zero attached hydrogens (tertiary/aromatic N) is 3. The van der Waals surface area contributed by atoms with Crippen molar-refractivity contribution in [2.24, 2.45) is 5.73 Å². The maximum absolute atomic E-state index is 8.84. The lowest BCUT2D eigenvalue weighted by atomic mass is 10.2. The molecule has 0 saturated carbocycles. The molecule has 4 heteroatoms. The number of nitriles is 1. The number of rotatable bonds is 2. The highest BCUT2D eigenvalue weighted by Crippen LogP contribution is 2.16. The van der Waals surface area contributed by atoms with E-state index in [4.69, 9.17) is 11.0 Å². The zero-order chi connectivity index (χ0) is 11.5. The van der Waals surface area contributed by atoms with Crippen LogP contribution in [0.3, 0.4) is 0 Å². The van der Waals surface area contributed by atoms with E-state index >= 15 is 0 Å². The molecule has 0 amide bonds. The van der Waals surface area contributed by atoms with Gasteiger partial charge < -0.3 is 10.3 Å². The average Bonchev–Trinajstić information content (AvgIpc) is 2.78. The summed E-state index contributed by atoms with van der Waals surface area (Å²) in [5, 5.41) is 8.84. The summed E-state index contributed by atoms with van der Waals surface area (Å²) in [7, 11) is 0. The van der Waals surface area contributed by atoms with Crippen LogP contribution < -0.4 is 5.73 Å². The Morgan fingerprint density at radius 1 is 1.50 bits per heavy atom. The molecule has 0 saturated heterocycles. The molecule has 2 rings (SSSR count). The van der Waals surface area contributed by atoms with Crippen molar-refractivity contribution >= 4 is 0 Å². The molecule has 1 aromatic carbocycles. The second-order valence-corrected chi connectivity index (χ2v) is 3.64. The number of imidazole rings is 1. The van der Waals surface area contributed by atoms with Crippen LogP contribution in [0.2, 0.25) is 0 Å². The number of benzene rings is 1. The standard InChI is InChI=1S/C12H12N4/c1-9(14)12-7-15-8-16(12)11-4-2-3-10(5-11)6-13/h2-5,7-9H,14H2,1H3/t9-/m0/s1. The first-order valence-corrected chi connectivity index (χ1v) is 5.00. The monoisotopic (exact) mass is 212 g/mol. The van der Waals surface area contributed by atoms with Gasteiger partial charge in [-0.05, 0) is 25.1 Å². The first-order valence-electron chi connectivity index (χ1n) is 5.00.